The summed E-state index contributed by atoms with van der Waals surface area (Å²) in [5.74, 6) is -2.85. The third-order valence-corrected chi connectivity index (χ3v) is 8.47. The first kappa shape index (κ1) is 24.6. The predicted molar refractivity (Wildman–Crippen MR) is 150 cm³/mol. The third-order valence-electron chi connectivity index (χ3n) is 8.47. The van der Waals surface area contributed by atoms with Crippen molar-refractivity contribution in [3.63, 3.8) is 0 Å². The smallest absolute Gasteiger partial charge is 0.271 e. The maximum atomic E-state index is 14.3. The van der Waals surface area contributed by atoms with Crippen molar-refractivity contribution in [3.05, 3.63) is 141 Å². The number of anilines is 1. The molecule has 2 atom stereocenters. The lowest BCUT2D eigenvalue weighted by molar-refractivity contribution is -0.384. The van der Waals surface area contributed by atoms with Gasteiger partial charge in [0.15, 0.2) is 0 Å². The first-order valence-corrected chi connectivity index (χ1v) is 13.1. The first-order valence-electron chi connectivity index (χ1n) is 13.1. The molecule has 41 heavy (non-hydrogen) atoms. The van der Waals surface area contributed by atoms with Crippen LogP contribution >= 0.6 is 0 Å². The van der Waals surface area contributed by atoms with Crippen LogP contribution in [-0.4, -0.2) is 28.9 Å². The lowest BCUT2D eigenvalue weighted by Gasteiger charge is -2.52. The maximum absolute atomic E-state index is 14.3. The highest BCUT2D eigenvalue weighted by atomic mass is 16.6. The summed E-state index contributed by atoms with van der Waals surface area (Å²) < 4.78 is 0. The van der Waals surface area contributed by atoms with E-state index in [4.69, 9.17) is 0 Å². The van der Waals surface area contributed by atoms with Crippen LogP contribution in [0.1, 0.15) is 38.5 Å². The van der Waals surface area contributed by atoms with Gasteiger partial charge in [-0.1, -0.05) is 66.7 Å². The lowest BCUT2D eigenvalue weighted by atomic mass is 9.47. The van der Waals surface area contributed by atoms with Gasteiger partial charge < -0.3 is 0 Å². The summed E-state index contributed by atoms with van der Waals surface area (Å²) in [6.07, 6.45) is 1.58. The highest BCUT2D eigenvalue weighted by Crippen LogP contribution is 2.63. The minimum atomic E-state index is -1.12. The summed E-state index contributed by atoms with van der Waals surface area (Å²) in [5.41, 5.74) is 5.64. The number of hydrazone groups is 1. The zero-order valence-corrected chi connectivity index (χ0v) is 21.5. The van der Waals surface area contributed by atoms with Gasteiger partial charge in [0.05, 0.1) is 27.9 Å². The molecule has 0 unspecified atom stereocenters. The molecular weight excluding hydrogens is 520 g/mol. The molecule has 2 bridgehead atoms. The van der Waals surface area contributed by atoms with Crippen LogP contribution in [0.4, 0.5) is 11.4 Å². The van der Waals surface area contributed by atoms with Crippen LogP contribution in [0.25, 0.3) is 0 Å². The van der Waals surface area contributed by atoms with E-state index in [9.17, 15) is 24.5 Å². The lowest BCUT2D eigenvalue weighted by Crippen LogP contribution is -2.54. The molecule has 1 fully saturated rings. The molecule has 3 aliphatic carbocycles. The number of non-ortho nitro benzene ring substituents is 1. The number of amides is 3. The van der Waals surface area contributed by atoms with Crippen LogP contribution in [0.3, 0.4) is 0 Å². The molecule has 3 amide bonds. The molecule has 0 aromatic heterocycles. The SMILES string of the molecule is O=C(N/N=C\C12c3ccccc3C(c3ccccc31)[C@H]1C(=O)N(c3ccccc3)C(=O)[C@H]12)c1ccc([N+](=O)[O-])cc1. The van der Waals surface area contributed by atoms with E-state index < -0.39 is 28.1 Å². The fraction of sp³-hybridized carbons (Fsp3) is 0.125. The van der Waals surface area contributed by atoms with Gasteiger partial charge in [-0.3, -0.25) is 24.5 Å². The zero-order chi connectivity index (χ0) is 28.3. The summed E-state index contributed by atoms with van der Waals surface area (Å²) in [4.78, 5) is 53.0. The Bertz CT molecular complexity index is 1740. The number of imide groups is 1. The Morgan fingerprint density at radius 2 is 1.41 bits per heavy atom. The van der Waals surface area contributed by atoms with Gasteiger partial charge in [-0.25, -0.2) is 10.3 Å². The molecule has 1 saturated heterocycles. The Morgan fingerprint density at radius 1 is 0.829 bits per heavy atom. The van der Waals surface area contributed by atoms with E-state index in [0.29, 0.717) is 5.69 Å². The van der Waals surface area contributed by atoms with Gasteiger partial charge in [0, 0.05) is 29.8 Å². The Kier molecular flexibility index (Phi) is 5.43. The van der Waals surface area contributed by atoms with Crippen molar-refractivity contribution in [2.45, 2.75) is 11.3 Å². The number of carbonyl (C=O) groups is 3. The topological polar surface area (TPSA) is 122 Å². The highest BCUT2D eigenvalue weighted by molar-refractivity contribution is 6.25. The molecule has 0 radical (unpaired) electrons. The molecule has 200 valence electrons. The molecule has 1 heterocycles. The second kappa shape index (κ2) is 9.06. The summed E-state index contributed by atoms with van der Waals surface area (Å²) in [6, 6.07) is 29.7. The third kappa shape index (κ3) is 3.42. The van der Waals surface area contributed by atoms with Crippen molar-refractivity contribution in [2.24, 2.45) is 16.9 Å². The van der Waals surface area contributed by atoms with E-state index in [1.54, 1.807) is 30.5 Å². The minimum absolute atomic E-state index is 0.130. The van der Waals surface area contributed by atoms with Crippen molar-refractivity contribution in [3.8, 4) is 0 Å². The highest BCUT2D eigenvalue weighted by Gasteiger charge is 2.68. The number of carbonyl (C=O) groups excluding carboxylic acids is 3. The van der Waals surface area contributed by atoms with Gasteiger partial charge in [0.2, 0.25) is 11.8 Å². The number of para-hydroxylation sites is 1. The number of nitro groups is 1. The molecule has 9 heteroatoms. The molecule has 8 rings (SSSR count). The van der Waals surface area contributed by atoms with Crippen LogP contribution in [0.15, 0.2) is 108 Å². The van der Waals surface area contributed by atoms with Crippen LogP contribution < -0.4 is 10.3 Å². The van der Waals surface area contributed by atoms with Gasteiger partial charge in [-0.2, -0.15) is 5.10 Å². The maximum Gasteiger partial charge on any atom is 0.271 e. The molecule has 4 aliphatic rings. The molecule has 9 nitrogen and oxygen atoms in total. The fourth-order valence-electron chi connectivity index (χ4n) is 6.87. The van der Waals surface area contributed by atoms with Crippen LogP contribution in [0, 0.1) is 22.0 Å². The Morgan fingerprint density at radius 3 is 2.02 bits per heavy atom. The average Bonchev–Trinajstić information content (AvgIpc) is 3.28. The minimum Gasteiger partial charge on any atom is -0.274 e. The quantitative estimate of drug-likeness (QED) is 0.171. The average molecular weight is 543 g/mol. The second-order valence-corrected chi connectivity index (χ2v) is 10.4. The standard InChI is InChI=1S/C32H22N4O5/c37-29(19-14-16-21(17-15-19)36(40)41)34-33-18-32-24-12-6-4-10-22(24)26(23-11-5-7-13-25(23)32)27-28(32)31(39)35(30(27)38)20-8-2-1-3-9-20/h1-18,26-28H,(H,34,37)/b33-18-/t26?,27-,28+,32?/m1/s1. The molecule has 4 aromatic rings. The number of hydrogen-bond donors (Lipinski definition) is 1. The van der Waals surface area contributed by atoms with Crippen molar-refractivity contribution < 1.29 is 19.3 Å². The monoisotopic (exact) mass is 542 g/mol. The Balaban J connectivity index is 1.36. The van der Waals surface area contributed by atoms with E-state index in [1.807, 2.05) is 54.6 Å². The predicted octanol–water partition coefficient (Wildman–Crippen LogP) is 4.56. The van der Waals surface area contributed by atoms with Crippen LogP contribution in [0.5, 0.6) is 0 Å². The van der Waals surface area contributed by atoms with Crippen molar-refractivity contribution in [1.82, 2.24) is 5.43 Å². The number of rotatable bonds is 5. The van der Waals surface area contributed by atoms with Gasteiger partial charge in [-0.05, 0) is 46.5 Å². The van der Waals surface area contributed by atoms with E-state index in [-0.39, 0.29) is 29.0 Å². The molecule has 0 saturated carbocycles. The molecule has 1 N–H and O–H groups in total. The van der Waals surface area contributed by atoms with E-state index in [1.165, 1.54) is 29.2 Å². The van der Waals surface area contributed by atoms with Gasteiger partial charge in [0.25, 0.3) is 11.6 Å². The zero-order valence-electron chi connectivity index (χ0n) is 21.5. The number of nitrogens with one attached hydrogen (secondary N) is 1. The van der Waals surface area contributed by atoms with Crippen molar-refractivity contribution in [2.75, 3.05) is 4.90 Å². The van der Waals surface area contributed by atoms with E-state index in [2.05, 4.69) is 10.5 Å². The largest absolute Gasteiger partial charge is 0.274 e. The number of hydrogen-bond acceptors (Lipinski definition) is 6. The number of nitro benzene ring substituents is 1. The normalized spacial score (nSPS) is 23.7. The Labute approximate surface area is 234 Å². The fourth-order valence-corrected chi connectivity index (χ4v) is 6.87. The van der Waals surface area contributed by atoms with E-state index >= 15 is 0 Å². The van der Waals surface area contributed by atoms with Crippen molar-refractivity contribution in [1.29, 1.82) is 0 Å². The van der Waals surface area contributed by atoms with Crippen LogP contribution in [0.2, 0.25) is 0 Å². The summed E-state index contributed by atoms with van der Waals surface area (Å²) >= 11 is 0. The Hall–Kier alpha value is -5.44. The molecule has 4 aromatic carbocycles. The van der Waals surface area contributed by atoms with Crippen LogP contribution in [-0.2, 0) is 15.0 Å². The number of benzene rings is 4. The summed E-state index contributed by atoms with van der Waals surface area (Å²) in [7, 11) is 0. The first-order chi connectivity index (χ1) is 19.9. The van der Waals surface area contributed by atoms with E-state index in [0.717, 1.165) is 22.3 Å². The number of nitrogens with zero attached hydrogens (tertiary/aromatic N) is 3. The molecule has 0 spiro atoms. The van der Waals surface area contributed by atoms with Gasteiger partial charge >= 0.3 is 0 Å². The van der Waals surface area contributed by atoms with Crippen molar-refractivity contribution >= 4 is 35.3 Å². The second-order valence-electron chi connectivity index (χ2n) is 10.4. The molecular formula is C32H22N4O5. The van der Waals surface area contributed by atoms with Gasteiger partial charge in [0.1, 0.15) is 0 Å². The summed E-state index contributed by atoms with van der Waals surface area (Å²) in [5, 5.41) is 15.4. The summed E-state index contributed by atoms with van der Waals surface area (Å²) in [6.45, 7) is 0. The molecule has 1 aliphatic heterocycles. The van der Waals surface area contributed by atoms with Gasteiger partial charge in [-0.15, -0.1) is 0 Å².